The molecule has 1 heterocycles. The first-order valence-electron chi connectivity index (χ1n) is 9.72. The minimum atomic E-state index is -0.232. The first-order chi connectivity index (χ1) is 15.0. The minimum absolute atomic E-state index is 0.176. The molecule has 0 unspecified atom stereocenters. The number of hydrogen-bond donors (Lipinski definition) is 1. The summed E-state index contributed by atoms with van der Waals surface area (Å²) in [6, 6.07) is 13.5. The maximum absolute atomic E-state index is 12.2. The van der Waals surface area contributed by atoms with Crippen LogP contribution >= 0.6 is 11.8 Å². The van der Waals surface area contributed by atoms with E-state index in [9.17, 15) is 4.79 Å². The van der Waals surface area contributed by atoms with E-state index in [0.717, 1.165) is 17.0 Å². The van der Waals surface area contributed by atoms with Gasteiger partial charge in [0.05, 0.1) is 26.2 Å². The van der Waals surface area contributed by atoms with Crippen LogP contribution < -0.4 is 14.9 Å². The summed E-state index contributed by atoms with van der Waals surface area (Å²) in [5.74, 6) is 1.96. The third-order valence-corrected chi connectivity index (χ3v) is 5.45. The van der Waals surface area contributed by atoms with Gasteiger partial charge in [-0.25, -0.2) is 5.43 Å². The van der Waals surface area contributed by atoms with Gasteiger partial charge in [-0.1, -0.05) is 41.6 Å². The predicted octanol–water partition coefficient (Wildman–Crippen LogP) is 3.53. The third-order valence-electron chi connectivity index (χ3n) is 4.49. The summed E-state index contributed by atoms with van der Waals surface area (Å²) in [7, 11) is 3.14. The van der Waals surface area contributed by atoms with Crippen molar-refractivity contribution in [3.8, 4) is 22.9 Å². The Morgan fingerprint density at radius 1 is 1.13 bits per heavy atom. The Balaban J connectivity index is 1.58. The maximum Gasteiger partial charge on any atom is 0.250 e. The van der Waals surface area contributed by atoms with Crippen molar-refractivity contribution in [2.75, 3.05) is 20.0 Å². The number of nitrogens with one attached hydrogen (secondary N) is 1. The van der Waals surface area contributed by atoms with Crippen molar-refractivity contribution in [1.82, 2.24) is 20.2 Å². The van der Waals surface area contributed by atoms with E-state index in [-0.39, 0.29) is 11.7 Å². The number of carbonyl (C=O) groups excluding carboxylic acids is 1. The predicted molar refractivity (Wildman–Crippen MR) is 122 cm³/mol. The summed E-state index contributed by atoms with van der Waals surface area (Å²) in [4.78, 5) is 12.2. The number of benzene rings is 2. The number of hydrazone groups is 1. The minimum Gasteiger partial charge on any atom is -0.493 e. The summed E-state index contributed by atoms with van der Waals surface area (Å²) < 4.78 is 12.5. The van der Waals surface area contributed by atoms with Crippen LogP contribution in [0.2, 0.25) is 0 Å². The molecule has 0 atom stereocenters. The van der Waals surface area contributed by atoms with Gasteiger partial charge in [-0.2, -0.15) is 5.10 Å². The SMILES string of the molecule is CCn1c(SCC(=O)N/N=C/c2ccc(OC)c(OC)c2)nnc1-c1ccc(C)cc1. The summed E-state index contributed by atoms with van der Waals surface area (Å²) in [5.41, 5.74) is 5.49. The normalized spacial score (nSPS) is 11.0. The van der Waals surface area contributed by atoms with Crippen molar-refractivity contribution in [2.45, 2.75) is 25.5 Å². The van der Waals surface area contributed by atoms with E-state index in [1.54, 1.807) is 32.6 Å². The lowest BCUT2D eigenvalue weighted by atomic mass is 10.1. The molecule has 1 N–H and O–H groups in total. The molecule has 0 radical (unpaired) electrons. The Bertz CT molecular complexity index is 1060. The van der Waals surface area contributed by atoms with Gasteiger partial charge in [0.1, 0.15) is 0 Å². The average Bonchev–Trinajstić information content (AvgIpc) is 3.21. The van der Waals surface area contributed by atoms with Crippen molar-refractivity contribution in [3.05, 3.63) is 53.6 Å². The molecule has 0 saturated carbocycles. The molecule has 31 heavy (non-hydrogen) atoms. The van der Waals surface area contributed by atoms with Crippen LogP contribution in [0.5, 0.6) is 11.5 Å². The molecule has 0 aliphatic carbocycles. The first kappa shape index (κ1) is 22.4. The number of hydrogen-bond acceptors (Lipinski definition) is 7. The van der Waals surface area contributed by atoms with Gasteiger partial charge in [0.2, 0.25) is 0 Å². The van der Waals surface area contributed by atoms with Crippen LogP contribution in [0.3, 0.4) is 0 Å². The van der Waals surface area contributed by atoms with E-state index in [4.69, 9.17) is 9.47 Å². The van der Waals surface area contributed by atoms with E-state index in [1.807, 2.05) is 48.7 Å². The fourth-order valence-electron chi connectivity index (χ4n) is 2.87. The van der Waals surface area contributed by atoms with Gasteiger partial charge in [0.25, 0.3) is 5.91 Å². The maximum atomic E-state index is 12.2. The lowest BCUT2D eigenvalue weighted by molar-refractivity contribution is -0.118. The number of rotatable bonds is 9. The van der Waals surface area contributed by atoms with Crippen LogP contribution in [0.25, 0.3) is 11.4 Å². The first-order valence-corrected chi connectivity index (χ1v) is 10.7. The van der Waals surface area contributed by atoms with Gasteiger partial charge in [-0.15, -0.1) is 10.2 Å². The average molecular weight is 440 g/mol. The van der Waals surface area contributed by atoms with Gasteiger partial charge < -0.3 is 14.0 Å². The summed E-state index contributed by atoms with van der Waals surface area (Å²) in [5, 5.41) is 13.3. The number of methoxy groups -OCH3 is 2. The van der Waals surface area contributed by atoms with Crippen molar-refractivity contribution in [1.29, 1.82) is 0 Å². The molecule has 2 aromatic carbocycles. The van der Waals surface area contributed by atoms with Crippen molar-refractivity contribution >= 4 is 23.9 Å². The van der Waals surface area contributed by atoms with Gasteiger partial charge in [-0.3, -0.25) is 4.79 Å². The molecule has 3 rings (SSSR count). The van der Waals surface area contributed by atoms with E-state index in [1.165, 1.54) is 17.3 Å². The van der Waals surface area contributed by atoms with Crippen LogP contribution in [-0.2, 0) is 11.3 Å². The van der Waals surface area contributed by atoms with E-state index in [0.29, 0.717) is 23.2 Å². The van der Waals surface area contributed by atoms with E-state index >= 15 is 0 Å². The number of amides is 1. The second kappa shape index (κ2) is 10.6. The van der Waals surface area contributed by atoms with Crippen molar-refractivity contribution in [3.63, 3.8) is 0 Å². The molecule has 1 amide bonds. The van der Waals surface area contributed by atoms with Crippen LogP contribution in [-0.4, -0.2) is 46.9 Å². The monoisotopic (exact) mass is 439 g/mol. The quantitative estimate of drug-likeness (QED) is 0.312. The van der Waals surface area contributed by atoms with Gasteiger partial charge in [0.15, 0.2) is 22.5 Å². The van der Waals surface area contributed by atoms with Crippen LogP contribution in [0.4, 0.5) is 0 Å². The fourth-order valence-corrected chi connectivity index (χ4v) is 3.67. The largest absolute Gasteiger partial charge is 0.493 e. The van der Waals surface area contributed by atoms with Crippen LogP contribution in [0, 0.1) is 6.92 Å². The second-order valence-corrected chi connectivity index (χ2v) is 7.56. The molecule has 8 nitrogen and oxygen atoms in total. The summed E-state index contributed by atoms with van der Waals surface area (Å²) in [6.45, 7) is 4.78. The highest BCUT2D eigenvalue weighted by molar-refractivity contribution is 7.99. The summed E-state index contributed by atoms with van der Waals surface area (Å²) >= 11 is 1.32. The topological polar surface area (TPSA) is 90.6 Å². The molecule has 0 fully saturated rings. The molecule has 1 aromatic heterocycles. The van der Waals surface area contributed by atoms with E-state index < -0.39 is 0 Å². The highest BCUT2D eigenvalue weighted by atomic mass is 32.2. The molecule has 3 aromatic rings. The zero-order valence-electron chi connectivity index (χ0n) is 18.0. The van der Waals surface area contributed by atoms with Gasteiger partial charge in [-0.05, 0) is 37.6 Å². The zero-order chi connectivity index (χ0) is 22.2. The molecule has 0 spiro atoms. The van der Waals surface area contributed by atoms with E-state index in [2.05, 4.69) is 20.7 Å². The third kappa shape index (κ3) is 5.64. The standard InChI is InChI=1S/C22H25N5O3S/c1-5-27-21(17-9-6-15(2)7-10-17)25-26-22(27)31-14-20(28)24-23-13-16-8-11-18(29-3)19(12-16)30-4/h6-13H,5,14H2,1-4H3,(H,24,28)/b23-13+. The molecule has 0 aliphatic rings. The highest BCUT2D eigenvalue weighted by Crippen LogP contribution is 2.27. The Hall–Kier alpha value is -3.33. The van der Waals surface area contributed by atoms with Crippen molar-refractivity contribution < 1.29 is 14.3 Å². The summed E-state index contributed by atoms with van der Waals surface area (Å²) in [6.07, 6.45) is 1.55. The fraction of sp³-hybridized carbons (Fsp3) is 0.273. The Labute approximate surface area is 185 Å². The van der Waals surface area contributed by atoms with Gasteiger partial charge >= 0.3 is 0 Å². The molecule has 0 bridgehead atoms. The molecule has 162 valence electrons. The highest BCUT2D eigenvalue weighted by Gasteiger charge is 2.14. The number of aromatic nitrogens is 3. The van der Waals surface area contributed by atoms with Crippen molar-refractivity contribution in [2.24, 2.45) is 5.10 Å². The number of thioether (sulfide) groups is 1. The molecular formula is C22H25N5O3S. The Kier molecular flexibility index (Phi) is 7.66. The van der Waals surface area contributed by atoms with Gasteiger partial charge in [0, 0.05) is 12.1 Å². The Morgan fingerprint density at radius 2 is 1.87 bits per heavy atom. The molecule has 0 saturated heterocycles. The zero-order valence-corrected chi connectivity index (χ0v) is 18.8. The molecule has 9 heteroatoms. The number of nitrogens with zero attached hydrogens (tertiary/aromatic N) is 4. The Morgan fingerprint density at radius 3 is 2.55 bits per heavy atom. The number of carbonyl (C=O) groups is 1. The molecular weight excluding hydrogens is 414 g/mol. The lowest BCUT2D eigenvalue weighted by Crippen LogP contribution is -2.20. The van der Waals surface area contributed by atoms with Crippen LogP contribution in [0.15, 0.2) is 52.7 Å². The smallest absolute Gasteiger partial charge is 0.250 e. The number of aryl methyl sites for hydroxylation is 1. The van der Waals surface area contributed by atoms with Crippen LogP contribution in [0.1, 0.15) is 18.1 Å². The second-order valence-electron chi connectivity index (χ2n) is 6.61. The molecule has 0 aliphatic heterocycles. The lowest BCUT2D eigenvalue weighted by Gasteiger charge is -2.08. The number of ether oxygens (including phenoxy) is 2.